The monoisotopic (exact) mass is 411 g/mol. The lowest BCUT2D eigenvalue weighted by atomic mass is 10.1. The van der Waals surface area contributed by atoms with Crippen molar-refractivity contribution in [3.05, 3.63) is 96.1 Å². The van der Waals surface area contributed by atoms with E-state index in [2.05, 4.69) is 15.5 Å². The van der Waals surface area contributed by atoms with E-state index in [0.29, 0.717) is 28.6 Å². The van der Waals surface area contributed by atoms with Crippen molar-refractivity contribution in [2.75, 3.05) is 12.4 Å². The zero-order chi connectivity index (χ0) is 21.6. The number of hydrogen-bond acceptors (Lipinski definition) is 5. The highest BCUT2D eigenvalue weighted by molar-refractivity contribution is 6.04. The van der Waals surface area contributed by atoms with Crippen LogP contribution in [-0.4, -0.2) is 23.2 Å². The first-order valence-electron chi connectivity index (χ1n) is 9.75. The SMILES string of the molecule is COc1ccccc1Oc1ccc(-c2ccc(C(=O)Nc3ccc(C)cc3)cc2)nn1. The number of carbonyl (C=O) groups excluding carboxylic acids is 1. The van der Waals surface area contributed by atoms with Crippen LogP contribution >= 0.6 is 0 Å². The first kappa shape index (κ1) is 20.1. The molecule has 1 aromatic heterocycles. The number of nitrogens with zero attached hydrogens (tertiary/aromatic N) is 2. The van der Waals surface area contributed by atoms with Gasteiger partial charge >= 0.3 is 0 Å². The molecule has 6 nitrogen and oxygen atoms in total. The lowest BCUT2D eigenvalue weighted by Crippen LogP contribution is -2.11. The van der Waals surface area contributed by atoms with Gasteiger partial charge in [0.1, 0.15) is 0 Å². The molecule has 4 aromatic rings. The van der Waals surface area contributed by atoms with Crippen LogP contribution < -0.4 is 14.8 Å². The predicted octanol–water partition coefficient (Wildman–Crippen LogP) is 5.51. The van der Waals surface area contributed by atoms with Gasteiger partial charge in [-0.1, -0.05) is 42.0 Å². The van der Waals surface area contributed by atoms with Gasteiger partial charge in [0.05, 0.1) is 12.8 Å². The van der Waals surface area contributed by atoms with Crippen LogP contribution in [-0.2, 0) is 0 Å². The van der Waals surface area contributed by atoms with E-state index in [1.54, 1.807) is 31.4 Å². The highest BCUT2D eigenvalue weighted by Gasteiger charge is 2.09. The summed E-state index contributed by atoms with van der Waals surface area (Å²) in [6.45, 7) is 2.00. The molecule has 1 heterocycles. The van der Waals surface area contributed by atoms with Crippen molar-refractivity contribution < 1.29 is 14.3 Å². The number of aromatic nitrogens is 2. The van der Waals surface area contributed by atoms with Crippen LogP contribution in [0.25, 0.3) is 11.3 Å². The van der Waals surface area contributed by atoms with Gasteiger partial charge in [-0.3, -0.25) is 4.79 Å². The van der Waals surface area contributed by atoms with Crippen molar-refractivity contribution in [2.45, 2.75) is 6.92 Å². The lowest BCUT2D eigenvalue weighted by Gasteiger charge is -2.09. The second kappa shape index (κ2) is 9.09. The molecule has 0 spiro atoms. The zero-order valence-electron chi connectivity index (χ0n) is 17.2. The predicted molar refractivity (Wildman–Crippen MR) is 120 cm³/mol. The molecule has 0 fully saturated rings. The van der Waals surface area contributed by atoms with Gasteiger partial charge in [-0.2, -0.15) is 0 Å². The normalized spacial score (nSPS) is 10.4. The molecule has 0 aliphatic rings. The molecule has 0 unspecified atom stereocenters. The van der Waals surface area contributed by atoms with Crippen molar-refractivity contribution in [2.24, 2.45) is 0 Å². The number of hydrogen-bond donors (Lipinski definition) is 1. The van der Waals surface area contributed by atoms with Gasteiger partial charge < -0.3 is 14.8 Å². The molecule has 6 heteroatoms. The summed E-state index contributed by atoms with van der Waals surface area (Å²) >= 11 is 0. The van der Waals surface area contributed by atoms with Gasteiger partial charge in [-0.05, 0) is 49.4 Å². The third-order valence-corrected chi connectivity index (χ3v) is 4.68. The molecule has 0 bridgehead atoms. The number of ether oxygens (including phenoxy) is 2. The van der Waals surface area contributed by atoms with E-state index >= 15 is 0 Å². The molecule has 0 aliphatic carbocycles. The van der Waals surface area contributed by atoms with Crippen LogP contribution in [0.15, 0.2) is 84.9 Å². The smallest absolute Gasteiger partial charge is 0.255 e. The van der Waals surface area contributed by atoms with Crippen molar-refractivity contribution >= 4 is 11.6 Å². The van der Waals surface area contributed by atoms with Gasteiger partial charge in [0, 0.05) is 22.9 Å². The summed E-state index contributed by atoms with van der Waals surface area (Å²) < 4.78 is 11.0. The van der Waals surface area contributed by atoms with Crippen LogP contribution in [0.2, 0.25) is 0 Å². The Labute approximate surface area is 180 Å². The minimum atomic E-state index is -0.165. The fourth-order valence-corrected chi connectivity index (χ4v) is 2.98. The quantitative estimate of drug-likeness (QED) is 0.453. The second-order valence-electron chi connectivity index (χ2n) is 6.91. The number of para-hydroxylation sites is 2. The van der Waals surface area contributed by atoms with Crippen molar-refractivity contribution in [3.8, 4) is 28.6 Å². The van der Waals surface area contributed by atoms with Gasteiger partial charge in [0.2, 0.25) is 5.88 Å². The fourth-order valence-electron chi connectivity index (χ4n) is 2.98. The topological polar surface area (TPSA) is 73.3 Å². The molecule has 1 N–H and O–H groups in total. The van der Waals surface area contributed by atoms with E-state index in [0.717, 1.165) is 16.8 Å². The largest absolute Gasteiger partial charge is 0.493 e. The number of amides is 1. The Morgan fingerprint density at radius 2 is 1.52 bits per heavy atom. The van der Waals surface area contributed by atoms with Gasteiger partial charge in [0.25, 0.3) is 5.91 Å². The third kappa shape index (κ3) is 4.87. The van der Waals surface area contributed by atoms with Crippen LogP contribution in [0, 0.1) is 6.92 Å². The number of benzene rings is 3. The maximum absolute atomic E-state index is 12.5. The Kier molecular flexibility index (Phi) is 5.89. The van der Waals surface area contributed by atoms with Crippen molar-refractivity contribution in [3.63, 3.8) is 0 Å². The molecule has 0 saturated heterocycles. The minimum Gasteiger partial charge on any atom is -0.493 e. The summed E-state index contributed by atoms with van der Waals surface area (Å²) in [6.07, 6.45) is 0. The van der Waals surface area contributed by atoms with Crippen molar-refractivity contribution in [1.29, 1.82) is 0 Å². The van der Waals surface area contributed by atoms with E-state index in [-0.39, 0.29) is 5.91 Å². The molecule has 1 amide bonds. The van der Waals surface area contributed by atoms with E-state index < -0.39 is 0 Å². The first-order valence-corrected chi connectivity index (χ1v) is 9.75. The Balaban J connectivity index is 1.44. The average molecular weight is 411 g/mol. The summed E-state index contributed by atoms with van der Waals surface area (Å²) in [5.41, 5.74) is 3.99. The summed E-state index contributed by atoms with van der Waals surface area (Å²) in [5, 5.41) is 11.3. The summed E-state index contributed by atoms with van der Waals surface area (Å²) in [4.78, 5) is 12.5. The molecule has 0 atom stereocenters. The second-order valence-corrected chi connectivity index (χ2v) is 6.91. The Morgan fingerprint density at radius 3 is 2.16 bits per heavy atom. The molecule has 4 rings (SSSR count). The van der Waals surface area contributed by atoms with E-state index in [1.165, 1.54) is 0 Å². The molecule has 0 radical (unpaired) electrons. The van der Waals surface area contributed by atoms with E-state index in [9.17, 15) is 4.79 Å². The molecule has 31 heavy (non-hydrogen) atoms. The maximum Gasteiger partial charge on any atom is 0.255 e. The van der Waals surface area contributed by atoms with Crippen LogP contribution in [0.5, 0.6) is 17.4 Å². The maximum atomic E-state index is 12.5. The number of methoxy groups -OCH3 is 1. The number of carbonyl (C=O) groups is 1. The summed E-state index contributed by atoms with van der Waals surface area (Å²) in [5.74, 6) is 1.38. The van der Waals surface area contributed by atoms with Gasteiger partial charge in [0.15, 0.2) is 11.5 Å². The molecular weight excluding hydrogens is 390 g/mol. The molecular formula is C25H21N3O3. The molecule has 0 aliphatic heterocycles. The molecule has 3 aromatic carbocycles. The van der Waals surface area contributed by atoms with Crippen LogP contribution in [0.4, 0.5) is 5.69 Å². The highest BCUT2D eigenvalue weighted by atomic mass is 16.5. The Bertz CT molecular complexity index is 1170. The number of aryl methyl sites for hydroxylation is 1. The van der Waals surface area contributed by atoms with Crippen LogP contribution in [0.3, 0.4) is 0 Å². The molecule has 0 saturated carbocycles. The lowest BCUT2D eigenvalue weighted by molar-refractivity contribution is 0.102. The number of anilines is 1. The third-order valence-electron chi connectivity index (χ3n) is 4.68. The average Bonchev–Trinajstić information content (AvgIpc) is 2.81. The van der Waals surface area contributed by atoms with Crippen molar-refractivity contribution in [1.82, 2.24) is 10.2 Å². The summed E-state index contributed by atoms with van der Waals surface area (Å²) in [6, 6.07) is 25.8. The zero-order valence-corrected chi connectivity index (χ0v) is 17.2. The van der Waals surface area contributed by atoms with Gasteiger partial charge in [-0.15, -0.1) is 10.2 Å². The minimum absolute atomic E-state index is 0.165. The number of rotatable bonds is 6. The number of nitrogens with one attached hydrogen (secondary N) is 1. The van der Waals surface area contributed by atoms with E-state index in [4.69, 9.17) is 9.47 Å². The molecule has 154 valence electrons. The van der Waals surface area contributed by atoms with E-state index in [1.807, 2.05) is 67.6 Å². The van der Waals surface area contributed by atoms with Crippen LogP contribution in [0.1, 0.15) is 15.9 Å². The highest BCUT2D eigenvalue weighted by Crippen LogP contribution is 2.30. The Hall–Kier alpha value is -4.19. The standard InChI is InChI=1S/C25H21N3O3/c1-17-7-13-20(14-8-17)26-25(29)19-11-9-18(10-12-19)21-15-16-24(28-27-21)31-23-6-4-3-5-22(23)30-2/h3-16H,1-2H3,(H,26,29). The fraction of sp³-hybridized carbons (Fsp3) is 0.0800. The first-order chi connectivity index (χ1) is 15.1. The Morgan fingerprint density at radius 1 is 0.806 bits per heavy atom. The summed E-state index contributed by atoms with van der Waals surface area (Å²) in [7, 11) is 1.58. The van der Waals surface area contributed by atoms with Gasteiger partial charge in [-0.25, -0.2) is 0 Å².